The average Bonchev–Trinajstić information content (AvgIpc) is 3.01. The van der Waals surface area contributed by atoms with E-state index in [9.17, 15) is 0 Å². The zero-order valence-electron chi connectivity index (χ0n) is 11.1. The maximum atomic E-state index is 5.36. The van der Waals surface area contributed by atoms with Crippen LogP contribution in [0.4, 0.5) is 0 Å². The average molecular weight is 247 g/mol. The van der Waals surface area contributed by atoms with Crippen molar-refractivity contribution in [1.82, 2.24) is 15.1 Å². The molecule has 0 fully saturated rings. The zero-order chi connectivity index (χ0) is 12.8. The molecule has 2 aromatic heterocycles. The molecule has 0 radical (unpaired) electrons. The molecule has 0 spiro atoms. The van der Waals surface area contributed by atoms with E-state index in [1.807, 2.05) is 37.1 Å². The topological polar surface area (TPSA) is 43.0 Å². The Bertz CT molecular complexity index is 447. The summed E-state index contributed by atoms with van der Waals surface area (Å²) in [6, 6.07) is 6.58. The van der Waals surface area contributed by atoms with E-state index < -0.39 is 0 Å². The van der Waals surface area contributed by atoms with Crippen molar-refractivity contribution in [2.75, 3.05) is 7.05 Å². The highest BCUT2D eigenvalue weighted by Gasteiger charge is 2.09. The number of rotatable bonds is 7. The maximum absolute atomic E-state index is 5.36. The van der Waals surface area contributed by atoms with E-state index in [1.54, 1.807) is 6.26 Å². The summed E-state index contributed by atoms with van der Waals surface area (Å²) in [6.07, 6.45) is 7.86. The van der Waals surface area contributed by atoms with Crippen LogP contribution in [0.15, 0.2) is 35.1 Å². The third-order valence-electron chi connectivity index (χ3n) is 3.40. The highest BCUT2D eigenvalue weighted by molar-refractivity contribution is 5.01. The summed E-state index contributed by atoms with van der Waals surface area (Å²) in [6.45, 7) is 0. The Kier molecular flexibility index (Phi) is 4.59. The minimum Gasteiger partial charge on any atom is -0.469 e. The molecule has 1 N–H and O–H groups in total. The Labute approximate surface area is 108 Å². The summed E-state index contributed by atoms with van der Waals surface area (Å²) < 4.78 is 7.30. The number of nitrogens with one attached hydrogen (secondary N) is 1. The minimum absolute atomic E-state index is 0.519. The number of furan rings is 1. The van der Waals surface area contributed by atoms with Crippen molar-refractivity contribution in [2.45, 2.75) is 31.7 Å². The maximum Gasteiger partial charge on any atom is 0.103 e. The van der Waals surface area contributed by atoms with Crippen molar-refractivity contribution in [3.8, 4) is 0 Å². The molecule has 0 aliphatic heterocycles. The molecule has 0 amide bonds. The Morgan fingerprint density at radius 2 is 2.17 bits per heavy atom. The van der Waals surface area contributed by atoms with Crippen LogP contribution in [-0.2, 0) is 19.9 Å². The van der Waals surface area contributed by atoms with Crippen molar-refractivity contribution in [1.29, 1.82) is 0 Å². The lowest BCUT2D eigenvalue weighted by Crippen LogP contribution is -2.26. The number of hydrogen-bond acceptors (Lipinski definition) is 3. The molecular weight excluding hydrogens is 226 g/mol. The first-order valence-electron chi connectivity index (χ1n) is 6.46. The van der Waals surface area contributed by atoms with Crippen molar-refractivity contribution in [3.05, 3.63) is 42.1 Å². The predicted octanol–water partition coefficient (Wildman–Crippen LogP) is 2.17. The van der Waals surface area contributed by atoms with E-state index in [4.69, 9.17) is 4.42 Å². The van der Waals surface area contributed by atoms with E-state index in [2.05, 4.69) is 16.5 Å². The molecule has 0 bridgehead atoms. The summed E-state index contributed by atoms with van der Waals surface area (Å²) in [5.74, 6) is 1.07. The van der Waals surface area contributed by atoms with Crippen LogP contribution in [0.1, 0.15) is 24.3 Å². The Balaban J connectivity index is 1.77. The van der Waals surface area contributed by atoms with Gasteiger partial charge < -0.3 is 9.73 Å². The van der Waals surface area contributed by atoms with Crippen LogP contribution in [0.3, 0.4) is 0 Å². The Hall–Kier alpha value is -1.55. The summed E-state index contributed by atoms with van der Waals surface area (Å²) in [7, 11) is 4.02. The Morgan fingerprint density at radius 1 is 1.33 bits per heavy atom. The third-order valence-corrected chi connectivity index (χ3v) is 3.40. The summed E-state index contributed by atoms with van der Waals surface area (Å²) in [5.41, 5.74) is 1.29. The van der Waals surface area contributed by atoms with Crippen molar-refractivity contribution in [2.24, 2.45) is 7.05 Å². The molecule has 1 unspecified atom stereocenters. The number of nitrogens with zero attached hydrogens (tertiary/aromatic N) is 2. The van der Waals surface area contributed by atoms with Crippen LogP contribution < -0.4 is 5.32 Å². The van der Waals surface area contributed by atoms with E-state index in [0.29, 0.717) is 6.04 Å². The molecule has 0 aromatic carbocycles. The lowest BCUT2D eigenvalue weighted by Gasteiger charge is -2.15. The molecule has 0 saturated carbocycles. The van der Waals surface area contributed by atoms with Gasteiger partial charge in [0.25, 0.3) is 0 Å². The largest absolute Gasteiger partial charge is 0.469 e. The van der Waals surface area contributed by atoms with E-state index in [0.717, 1.165) is 31.4 Å². The predicted molar refractivity (Wildman–Crippen MR) is 71.4 cm³/mol. The molecule has 4 nitrogen and oxygen atoms in total. The van der Waals surface area contributed by atoms with Crippen molar-refractivity contribution < 1.29 is 4.42 Å². The first-order valence-corrected chi connectivity index (χ1v) is 6.46. The monoisotopic (exact) mass is 247 g/mol. The number of hydrogen-bond donors (Lipinski definition) is 1. The van der Waals surface area contributed by atoms with Gasteiger partial charge in [0.1, 0.15) is 5.76 Å². The molecule has 2 heterocycles. The van der Waals surface area contributed by atoms with Gasteiger partial charge in [-0.25, -0.2) is 0 Å². The van der Waals surface area contributed by atoms with Gasteiger partial charge in [0.15, 0.2) is 0 Å². The smallest absolute Gasteiger partial charge is 0.103 e. The lowest BCUT2D eigenvalue weighted by atomic mass is 10.0. The van der Waals surface area contributed by atoms with E-state index in [-0.39, 0.29) is 0 Å². The van der Waals surface area contributed by atoms with E-state index >= 15 is 0 Å². The molecule has 0 aliphatic carbocycles. The van der Waals surface area contributed by atoms with Crippen LogP contribution in [-0.4, -0.2) is 22.9 Å². The second-order valence-electron chi connectivity index (χ2n) is 4.59. The van der Waals surface area contributed by atoms with Crippen LogP contribution in [0.2, 0.25) is 0 Å². The molecule has 2 rings (SSSR count). The quantitative estimate of drug-likeness (QED) is 0.815. The standard InChI is InChI=1S/C14H21N3O/c1-15-12(6-8-14-4-3-11-18-14)5-7-13-9-10-16-17(13)2/h3-4,9-12,15H,5-8H2,1-2H3. The first-order chi connectivity index (χ1) is 8.79. The molecule has 4 heteroatoms. The highest BCUT2D eigenvalue weighted by Crippen LogP contribution is 2.10. The van der Waals surface area contributed by atoms with Gasteiger partial charge in [-0.05, 0) is 44.5 Å². The van der Waals surface area contributed by atoms with Gasteiger partial charge in [-0.3, -0.25) is 4.68 Å². The van der Waals surface area contributed by atoms with Crippen LogP contribution in [0.25, 0.3) is 0 Å². The first kappa shape index (κ1) is 12.9. The Morgan fingerprint density at radius 3 is 2.78 bits per heavy atom. The fraction of sp³-hybridized carbons (Fsp3) is 0.500. The molecule has 0 aliphatic rings. The summed E-state index contributed by atoms with van der Waals surface area (Å²) in [5, 5.41) is 7.56. The van der Waals surface area contributed by atoms with Crippen molar-refractivity contribution >= 4 is 0 Å². The van der Waals surface area contributed by atoms with Gasteiger partial charge in [-0.1, -0.05) is 0 Å². The minimum atomic E-state index is 0.519. The summed E-state index contributed by atoms with van der Waals surface area (Å²) >= 11 is 0. The van der Waals surface area contributed by atoms with Crippen LogP contribution in [0.5, 0.6) is 0 Å². The van der Waals surface area contributed by atoms with Crippen molar-refractivity contribution in [3.63, 3.8) is 0 Å². The SMILES string of the molecule is CNC(CCc1ccco1)CCc1ccnn1C. The molecule has 2 aromatic rings. The lowest BCUT2D eigenvalue weighted by molar-refractivity contribution is 0.443. The normalized spacial score (nSPS) is 12.8. The fourth-order valence-corrected chi connectivity index (χ4v) is 2.17. The van der Waals surface area contributed by atoms with Crippen LogP contribution in [0, 0.1) is 0 Å². The van der Waals surface area contributed by atoms with Gasteiger partial charge in [-0.2, -0.15) is 5.10 Å². The van der Waals surface area contributed by atoms with E-state index in [1.165, 1.54) is 5.69 Å². The molecule has 0 saturated heterocycles. The van der Waals surface area contributed by atoms with Crippen LogP contribution >= 0.6 is 0 Å². The van der Waals surface area contributed by atoms with Gasteiger partial charge in [0.2, 0.25) is 0 Å². The second kappa shape index (κ2) is 6.40. The second-order valence-corrected chi connectivity index (χ2v) is 4.59. The third kappa shape index (κ3) is 3.47. The summed E-state index contributed by atoms with van der Waals surface area (Å²) in [4.78, 5) is 0. The highest BCUT2D eigenvalue weighted by atomic mass is 16.3. The molecule has 1 atom stereocenters. The number of aromatic nitrogens is 2. The van der Waals surface area contributed by atoms with Gasteiger partial charge in [0.05, 0.1) is 6.26 Å². The van der Waals surface area contributed by atoms with Gasteiger partial charge in [-0.15, -0.1) is 0 Å². The number of aryl methyl sites for hydroxylation is 3. The fourth-order valence-electron chi connectivity index (χ4n) is 2.17. The molecular formula is C14H21N3O. The van der Waals surface area contributed by atoms with Gasteiger partial charge in [0, 0.05) is 31.4 Å². The molecule has 98 valence electrons. The van der Waals surface area contributed by atoms with Gasteiger partial charge >= 0.3 is 0 Å². The zero-order valence-corrected chi connectivity index (χ0v) is 11.1. The molecule has 18 heavy (non-hydrogen) atoms.